The van der Waals surface area contributed by atoms with Crippen LogP contribution in [-0.4, -0.2) is 48.3 Å². The van der Waals surface area contributed by atoms with Crippen molar-refractivity contribution in [3.05, 3.63) is 48.0 Å². The molecule has 0 radical (unpaired) electrons. The molecule has 0 spiro atoms. The average molecular weight is 379 g/mol. The molecule has 6 nitrogen and oxygen atoms in total. The van der Waals surface area contributed by atoms with E-state index in [1.54, 1.807) is 24.3 Å². The molecule has 130 valence electrons. The fraction of sp³-hybridized carbons (Fsp3) is 0.250. The van der Waals surface area contributed by atoms with Gasteiger partial charge < -0.3 is 9.73 Å². The van der Waals surface area contributed by atoms with Gasteiger partial charge in [0.1, 0.15) is 17.3 Å². The molecule has 4 rings (SSSR count). The molecule has 0 aliphatic carbocycles. The number of fused-ring (bicyclic) bond motifs is 1. The lowest BCUT2D eigenvalue weighted by Crippen LogP contribution is -2.32. The molecule has 0 unspecified atom stereocenters. The Hall–Kier alpha value is -2.26. The fourth-order valence-electron chi connectivity index (χ4n) is 3.03. The number of sulfone groups is 1. The lowest BCUT2D eigenvalue weighted by Gasteiger charge is -2.16. The Morgan fingerprint density at radius 1 is 1.24 bits per heavy atom. The van der Waals surface area contributed by atoms with Crippen molar-refractivity contribution in [2.45, 2.75) is 12.1 Å². The van der Waals surface area contributed by atoms with Gasteiger partial charge in [0.15, 0.2) is 14.9 Å². The van der Waals surface area contributed by atoms with Gasteiger partial charge in [0.2, 0.25) is 0 Å². The number of hydrogen-bond donors (Lipinski definition) is 1. The first-order chi connectivity index (χ1) is 11.9. The maximum Gasteiger partial charge on any atom is 0.190 e. The molecule has 2 atom stereocenters. The lowest BCUT2D eigenvalue weighted by atomic mass is 10.2. The van der Waals surface area contributed by atoms with Crippen molar-refractivity contribution >= 4 is 33.4 Å². The van der Waals surface area contributed by atoms with E-state index in [1.165, 1.54) is 23.4 Å². The van der Waals surface area contributed by atoms with Gasteiger partial charge in [0.25, 0.3) is 0 Å². The highest BCUT2D eigenvalue weighted by Crippen LogP contribution is 2.25. The summed E-state index contributed by atoms with van der Waals surface area (Å²) in [5, 5.41) is 9.21. The molecule has 2 aromatic rings. The molecule has 0 saturated carbocycles. The zero-order valence-corrected chi connectivity index (χ0v) is 14.6. The van der Waals surface area contributed by atoms with Crippen molar-refractivity contribution in [3.63, 3.8) is 0 Å². The van der Waals surface area contributed by atoms with Crippen molar-refractivity contribution < 1.29 is 17.2 Å². The summed E-state index contributed by atoms with van der Waals surface area (Å²) in [6.07, 6.45) is 1.49. The number of furan rings is 1. The van der Waals surface area contributed by atoms with E-state index in [4.69, 9.17) is 16.6 Å². The average Bonchev–Trinajstić information content (AvgIpc) is 3.19. The zero-order valence-electron chi connectivity index (χ0n) is 12.9. The maximum atomic E-state index is 13.0. The summed E-state index contributed by atoms with van der Waals surface area (Å²) in [4.78, 5) is 0. The van der Waals surface area contributed by atoms with Crippen LogP contribution in [0.3, 0.4) is 0 Å². The number of rotatable bonds is 3. The number of thiocarbonyl (C=S) groups is 1. The highest BCUT2D eigenvalue weighted by Gasteiger charge is 2.47. The molecule has 0 bridgehead atoms. The van der Waals surface area contributed by atoms with Crippen LogP contribution in [-0.2, 0) is 9.84 Å². The van der Waals surface area contributed by atoms with E-state index < -0.39 is 9.84 Å². The monoisotopic (exact) mass is 379 g/mol. The SMILES string of the molecule is O=S1(=O)C[C@H]2NC(=S)N(/N=C\c3ccc(-c4ccc(F)cc4)o3)[C@H]2C1. The third kappa shape index (κ3) is 3.16. The summed E-state index contributed by atoms with van der Waals surface area (Å²) in [6.45, 7) is 0. The Balaban J connectivity index is 1.52. The van der Waals surface area contributed by atoms with Gasteiger partial charge in [-0.1, -0.05) is 0 Å². The fourth-order valence-corrected chi connectivity index (χ4v) is 5.25. The molecule has 9 heteroatoms. The molecule has 1 aromatic heterocycles. The van der Waals surface area contributed by atoms with Gasteiger partial charge in [-0.05, 0) is 48.6 Å². The standard InChI is InChI=1S/C16H14FN3O3S2/c17-11-3-1-10(2-4-11)15-6-5-12(23-15)7-18-20-14-9-25(21,22)8-13(14)19-16(20)24/h1-7,13-14H,8-9H2,(H,19,24)/b18-7-/t13-,14+/m1/s1. The Morgan fingerprint density at radius 3 is 2.76 bits per heavy atom. The van der Waals surface area contributed by atoms with Gasteiger partial charge in [-0.2, -0.15) is 5.10 Å². The number of halogens is 1. The molecule has 2 fully saturated rings. The van der Waals surface area contributed by atoms with Crippen LogP contribution in [0.15, 0.2) is 45.9 Å². The molecular weight excluding hydrogens is 365 g/mol. The number of nitrogens with zero attached hydrogens (tertiary/aromatic N) is 2. The summed E-state index contributed by atoms with van der Waals surface area (Å²) >= 11 is 5.22. The van der Waals surface area contributed by atoms with Gasteiger partial charge in [-0.3, -0.25) is 0 Å². The minimum atomic E-state index is -3.07. The Labute approximate surface area is 149 Å². The third-order valence-corrected chi connectivity index (χ3v) is 6.24. The van der Waals surface area contributed by atoms with Gasteiger partial charge in [-0.25, -0.2) is 17.8 Å². The molecule has 25 heavy (non-hydrogen) atoms. The topological polar surface area (TPSA) is 74.9 Å². The van der Waals surface area contributed by atoms with Crippen LogP contribution in [0.4, 0.5) is 4.39 Å². The summed E-state index contributed by atoms with van der Waals surface area (Å²) < 4.78 is 42.2. The van der Waals surface area contributed by atoms with Gasteiger partial charge >= 0.3 is 0 Å². The molecule has 2 saturated heterocycles. The first-order valence-electron chi connectivity index (χ1n) is 7.61. The molecular formula is C16H14FN3O3S2. The first kappa shape index (κ1) is 16.2. The number of benzene rings is 1. The number of hydrogen-bond acceptors (Lipinski definition) is 5. The van der Waals surface area contributed by atoms with E-state index in [-0.39, 0.29) is 29.4 Å². The van der Waals surface area contributed by atoms with E-state index in [1.807, 2.05) is 0 Å². The van der Waals surface area contributed by atoms with Crippen LogP contribution in [0.5, 0.6) is 0 Å². The molecule has 2 aliphatic heterocycles. The second kappa shape index (κ2) is 5.92. The summed E-state index contributed by atoms with van der Waals surface area (Å²) in [5.41, 5.74) is 0.751. The van der Waals surface area contributed by atoms with Crippen LogP contribution in [0.2, 0.25) is 0 Å². The van der Waals surface area contributed by atoms with Gasteiger partial charge in [0, 0.05) is 5.56 Å². The van der Waals surface area contributed by atoms with E-state index in [9.17, 15) is 12.8 Å². The Kier molecular flexibility index (Phi) is 3.84. The van der Waals surface area contributed by atoms with Gasteiger partial charge in [0.05, 0.1) is 29.8 Å². The Bertz CT molecular complexity index is 953. The number of hydrazone groups is 1. The van der Waals surface area contributed by atoms with E-state index in [0.29, 0.717) is 16.6 Å². The van der Waals surface area contributed by atoms with Crippen molar-refractivity contribution in [1.82, 2.24) is 10.3 Å². The Morgan fingerprint density at radius 2 is 2.00 bits per heavy atom. The first-order valence-corrected chi connectivity index (χ1v) is 9.84. The normalized spacial score (nSPS) is 24.7. The molecule has 0 amide bonds. The van der Waals surface area contributed by atoms with Crippen molar-refractivity contribution in [2.75, 3.05) is 11.5 Å². The van der Waals surface area contributed by atoms with Crippen molar-refractivity contribution in [1.29, 1.82) is 0 Å². The van der Waals surface area contributed by atoms with E-state index >= 15 is 0 Å². The second-order valence-corrected chi connectivity index (χ2v) is 8.54. The smallest absolute Gasteiger partial charge is 0.190 e. The maximum absolute atomic E-state index is 13.0. The zero-order chi connectivity index (χ0) is 17.6. The van der Waals surface area contributed by atoms with Crippen LogP contribution >= 0.6 is 12.2 Å². The van der Waals surface area contributed by atoms with Crippen LogP contribution in [0.25, 0.3) is 11.3 Å². The largest absolute Gasteiger partial charge is 0.455 e. The number of nitrogens with one attached hydrogen (secondary N) is 1. The summed E-state index contributed by atoms with van der Waals surface area (Å²) in [7, 11) is -3.07. The third-order valence-electron chi connectivity index (χ3n) is 4.22. The highest BCUT2D eigenvalue weighted by molar-refractivity contribution is 7.91. The lowest BCUT2D eigenvalue weighted by molar-refractivity contribution is 0.373. The predicted molar refractivity (Wildman–Crippen MR) is 95.5 cm³/mol. The summed E-state index contributed by atoms with van der Waals surface area (Å²) in [5.74, 6) is 0.866. The van der Waals surface area contributed by atoms with Crippen LogP contribution < -0.4 is 5.32 Å². The molecule has 3 heterocycles. The minimum absolute atomic E-state index is 0.0289. The molecule has 2 aliphatic rings. The predicted octanol–water partition coefficient (Wildman–Crippen LogP) is 1.78. The van der Waals surface area contributed by atoms with Crippen LogP contribution in [0, 0.1) is 5.82 Å². The summed E-state index contributed by atoms with van der Waals surface area (Å²) in [6, 6.07) is 8.96. The van der Waals surface area contributed by atoms with E-state index in [2.05, 4.69) is 10.4 Å². The van der Waals surface area contributed by atoms with E-state index in [0.717, 1.165) is 5.56 Å². The second-order valence-electron chi connectivity index (χ2n) is 6.00. The highest BCUT2D eigenvalue weighted by atomic mass is 32.2. The molecule has 1 N–H and O–H groups in total. The quantitative estimate of drug-likeness (QED) is 0.647. The molecule has 1 aromatic carbocycles. The van der Waals surface area contributed by atoms with Gasteiger partial charge in [-0.15, -0.1) is 0 Å². The van der Waals surface area contributed by atoms with Crippen LogP contribution in [0.1, 0.15) is 5.76 Å². The van der Waals surface area contributed by atoms with Crippen molar-refractivity contribution in [2.24, 2.45) is 5.10 Å². The minimum Gasteiger partial charge on any atom is -0.455 e. The van der Waals surface area contributed by atoms with Crippen molar-refractivity contribution in [3.8, 4) is 11.3 Å².